The molecule has 0 saturated heterocycles. The summed E-state index contributed by atoms with van der Waals surface area (Å²) in [4.78, 5) is 25.4. The third-order valence-electron chi connectivity index (χ3n) is 5.56. The van der Waals surface area contributed by atoms with Crippen LogP contribution in [0.2, 0.25) is 0 Å². The van der Waals surface area contributed by atoms with E-state index in [0.29, 0.717) is 13.2 Å². The highest BCUT2D eigenvalue weighted by Crippen LogP contribution is 2.13. The van der Waals surface area contributed by atoms with Crippen molar-refractivity contribution >= 4 is 11.9 Å². The molecule has 0 radical (unpaired) electrons. The lowest BCUT2D eigenvalue weighted by molar-refractivity contribution is -0.148. The quantitative estimate of drug-likeness (QED) is 0.185. The summed E-state index contributed by atoms with van der Waals surface area (Å²) in [6.45, 7) is 9.73. The zero-order valence-corrected chi connectivity index (χ0v) is 20.5. The van der Waals surface area contributed by atoms with Gasteiger partial charge in [-0.2, -0.15) is 0 Å². The highest BCUT2D eigenvalue weighted by atomic mass is 16.5. The SMILES string of the molecule is CCCCCCCCC(C)C(=O)OCCCCN(CCCCO)CCCCOC(C)=O. The van der Waals surface area contributed by atoms with Crippen LogP contribution in [0.1, 0.15) is 104 Å². The topological polar surface area (TPSA) is 76.1 Å². The Bertz CT molecular complexity index is 430. The van der Waals surface area contributed by atoms with Crippen molar-refractivity contribution < 1.29 is 24.2 Å². The van der Waals surface area contributed by atoms with Crippen molar-refractivity contribution in [3.8, 4) is 0 Å². The van der Waals surface area contributed by atoms with Crippen LogP contribution in [-0.2, 0) is 19.1 Å². The van der Waals surface area contributed by atoms with Gasteiger partial charge in [0, 0.05) is 13.5 Å². The molecule has 0 aliphatic heterocycles. The van der Waals surface area contributed by atoms with Crippen LogP contribution in [-0.4, -0.2) is 61.4 Å². The molecule has 1 N–H and O–H groups in total. The van der Waals surface area contributed by atoms with Gasteiger partial charge in [-0.3, -0.25) is 9.59 Å². The zero-order valence-electron chi connectivity index (χ0n) is 20.5. The summed E-state index contributed by atoms with van der Waals surface area (Å²) in [5, 5.41) is 9.01. The molecule has 0 aromatic carbocycles. The Labute approximate surface area is 191 Å². The number of hydrogen-bond acceptors (Lipinski definition) is 6. The van der Waals surface area contributed by atoms with Gasteiger partial charge in [-0.25, -0.2) is 0 Å². The lowest BCUT2D eigenvalue weighted by Gasteiger charge is -2.22. The van der Waals surface area contributed by atoms with Crippen molar-refractivity contribution in [2.24, 2.45) is 5.92 Å². The van der Waals surface area contributed by atoms with Crippen molar-refractivity contribution in [3.05, 3.63) is 0 Å². The third-order valence-corrected chi connectivity index (χ3v) is 5.56. The van der Waals surface area contributed by atoms with Gasteiger partial charge < -0.3 is 19.5 Å². The maximum absolute atomic E-state index is 12.1. The summed E-state index contributed by atoms with van der Waals surface area (Å²) in [6, 6.07) is 0. The number of esters is 2. The minimum atomic E-state index is -0.226. The van der Waals surface area contributed by atoms with Gasteiger partial charge in [-0.15, -0.1) is 0 Å². The molecule has 0 aromatic rings. The minimum absolute atomic E-state index is 0.00150. The van der Waals surface area contributed by atoms with Crippen molar-refractivity contribution in [1.82, 2.24) is 4.90 Å². The number of unbranched alkanes of at least 4 members (excludes halogenated alkanes) is 8. The Balaban J connectivity index is 3.88. The van der Waals surface area contributed by atoms with Crippen LogP contribution >= 0.6 is 0 Å². The fourth-order valence-corrected chi connectivity index (χ4v) is 3.54. The van der Waals surface area contributed by atoms with Crippen LogP contribution < -0.4 is 0 Å². The van der Waals surface area contributed by atoms with Gasteiger partial charge in [-0.05, 0) is 64.6 Å². The average molecular weight is 444 g/mol. The van der Waals surface area contributed by atoms with Gasteiger partial charge in [0.15, 0.2) is 0 Å². The molecule has 0 aliphatic rings. The van der Waals surface area contributed by atoms with Crippen molar-refractivity contribution in [3.63, 3.8) is 0 Å². The molecule has 0 spiro atoms. The number of hydrogen-bond donors (Lipinski definition) is 1. The van der Waals surface area contributed by atoms with Crippen molar-refractivity contribution in [2.45, 2.75) is 104 Å². The Morgan fingerprint density at radius 3 is 1.90 bits per heavy atom. The molecular formula is C25H49NO5. The highest BCUT2D eigenvalue weighted by Gasteiger charge is 2.14. The van der Waals surface area contributed by atoms with Crippen molar-refractivity contribution in [1.29, 1.82) is 0 Å². The number of aliphatic hydroxyl groups excluding tert-OH is 1. The lowest BCUT2D eigenvalue weighted by atomic mass is 10.0. The fourth-order valence-electron chi connectivity index (χ4n) is 3.54. The summed E-state index contributed by atoms with van der Waals surface area (Å²) in [7, 11) is 0. The molecular weight excluding hydrogens is 394 g/mol. The zero-order chi connectivity index (χ0) is 23.2. The largest absolute Gasteiger partial charge is 0.466 e. The Morgan fingerprint density at radius 1 is 0.774 bits per heavy atom. The van der Waals surface area contributed by atoms with Crippen LogP contribution in [0, 0.1) is 5.92 Å². The number of ether oxygens (including phenoxy) is 2. The number of aliphatic hydroxyl groups is 1. The van der Waals surface area contributed by atoms with Crippen LogP contribution in [0.25, 0.3) is 0 Å². The van der Waals surface area contributed by atoms with E-state index in [9.17, 15) is 9.59 Å². The molecule has 1 unspecified atom stereocenters. The van der Waals surface area contributed by atoms with Gasteiger partial charge in [0.1, 0.15) is 0 Å². The van der Waals surface area contributed by atoms with E-state index in [1.165, 1.54) is 39.0 Å². The number of carbonyl (C=O) groups is 2. The fraction of sp³-hybridized carbons (Fsp3) is 0.920. The van der Waals surface area contributed by atoms with E-state index < -0.39 is 0 Å². The molecule has 0 bridgehead atoms. The molecule has 184 valence electrons. The van der Waals surface area contributed by atoms with Gasteiger partial charge >= 0.3 is 11.9 Å². The summed E-state index contributed by atoms with van der Waals surface area (Å²) in [6.07, 6.45) is 13.9. The van der Waals surface area contributed by atoms with Gasteiger partial charge in [0.25, 0.3) is 0 Å². The second kappa shape index (κ2) is 22.1. The molecule has 0 amide bonds. The summed E-state index contributed by atoms with van der Waals surface area (Å²) in [5.41, 5.74) is 0. The molecule has 6 heteroatoms. The number of carbonyl (C=O) groups excluding carboxylic acids is 2. The molecule has 1 atom stereocenters. The van der Waals surface area contributed by atoms with Crippen LogP contribution in [0.4, 0.5) is 0 Å². The Kier molecular flexibility index (Phi) is 21.3. The van der Waals surface area contributed by atoms with Crippen LogP contribution in [0.5, 0.6) is 0 Å². The molecule has 0 fully saturated rings. The standard InChI is InChI=1S/C25H49NO5/c1-4-5-6-7-8-9-16-23(2)25(29)31-22-15-12-19-26(17-10-13-20-27)18-11-14-21-30-24(3)28/h23,27H,4-22H2,1-3H3. The van der Waals surface area contributed by atoms with E-state index in [1.54, 1.807) is 0 Å². The van der Waals surface area contributed by atoms with Crippen LogP contribution in [0.15, 0.2) is 0 Å². The molecule has 0 saturated carbocycles. The predicted octanol–water partition coefficient (Wildman–Crippen LogP) is 5.11. The van der Waals surface area contributed by atoms with E-state index >= 15 is 0 Å². The third kappa shape index (κ3) is 20.5. The average Bonchev–Trinajstić information content (AvgIpc) is 2.74. The second-order valence-electron chi connectivity index (χ2n) is 8.65. The number of rotatable bonds is 22. The van der Waals surface area contributed by atoms with E-state index in [2.05, 4.69) is 11.8 Å². The maximum Gasteiger partial charge on any atom is 0.308 e. The first kappa shape index (κ1) is 29.9. The smallest absolute Gasteiger partial charge is 0.308 e. The van der Waals surface area contributed by atoms with Gasteiger partial charge in [0.2, 0.25) is 0 Å². The van der Waals surface area contributed by atoms with Gasteiger partial charge in [-0.1, -0.05) is 52.4 Å². The van der Waals surface area contributed by atoms with E-state index in [1.807, 2.05) is 6.92 Å². The van der Waals surface area contributed by atoms with E-state index in [0.717, 1.165) is 71.0 Å². The van der Waals surface area contributed by atoms with Crippen molar-refractivity contribution in [2.75, 3.05) is 39.5 Å². The molecule has 0 rings (SSSR count). The number of nitrogens with zero attached hydrogens (tertiary/aromatic N) is 1. The Morgan fingerprint density at radius 2 is 1.32 bits per heavy atom. The first-order chi connectivity index (χ1) is 15.0. The van der Waals surface area contributed by atoms with Gasteiger partial charge in [0.05, 0.1) is 19.1 Å². The minimum Gasteiger partial charge on any atom is -0.466 e. The predicted molar refractivity (Wildman–Crippen MR) is 126 cm³/mol. The normalized spacial score (nSPS) is 12.2. The summed E-state index contributed by atoms with van der Waals surface area (Å²) in [5.74, 6) is -0.284. The summed E-state index contributed by atoms with van der Waals surface area (Å²) < 4.78 is 10.5. The second-order valence-corrected chi connectivity index (χ2v) is 8.65. The Hall–Kier alpha value is -1.14. The molecule has 31 heavy (non-hydrogen) atoms. The first-order valence-electron chi connectivity index (χ1n) is 12.6. The van der Waals surface area contributed by atoms with E-state index in [-0.39, 0.29) is 24.5 Å². The van der Waals surface area contributed by atoms with Crippen LogP contribution in [0.3, 0.4) is 0 Å². The summed E-state index contributed by atoms with van der Waals surface area (Å²) >= 11 is 0. The first-order valence-corrected chi connectivity index (χ1v) is 12.6. The highest BCUT2D eigenvalue weighted by molar-refractivity contribution is 5.71. The maximum atomic E-state index is 12.1. The lowest BCUT2D eigenvalue weighted by Crippen LogP contribution is -2.28. The molecule has 0 aromatic heterocycles. The monoisotopic (exact) mass is 443 g/mol. The molecule has 6 nitrogen and oxygen atoms in total. The van der Waals surface area contributed by atoms with E-state index in [4.69, 9.17) is 14.6 Å². The molecule has 0 heterocycles. The molecule has 0 aliphatic carbocycles.